The second kappa shape index (κ2) is 10.5. The number of hydrogen-bond donors (Lipinski definition) is 1. The number of thiazole rings is 1. The summed E-state index contributed by atoms with van der Waals surface area (Å²) in [7, 11) is 5.18. The van der Waals surface area contributed by atoms with Gasteiger partial charge in [-0.2, -0.15) is 0 Å². The maximum Gasteiger partial charge on any atom is 0.194 e. The van der Waals surface area contributed by atoms with E-state index in [4.69, 9.17) is 9.47 Å². The largest absolute Gasteiger partial charge is 0.493 e. The molecule has 1 aliphatic heterocycles. The van der Waals surface area contributed by atoms with Crippen LogP contribution in [-0.4, -0.2) is 68.2 Å². The molecule has 1 fully saturated rings. The number of aromatic nitrogens is 1. The van der Waals surface area contributed by atoms with Crippen LogP contribution in [0.2, 0.25) is 0 Å². The average molecular weight is 418 g/mol. The fourth-order valence-electron chi connectivity index (χ4n) is 3.45. The zero-order valence-corrected chi connectivity index (χ0v) is 18.6. The molecule has 1 N–H and O–H groups in total. The van der Waals surface area contributed by atoms with E-state index < -0.39 is 0 Å². The number of methoxy groups -OCH3 is 2. The van der Waals surface area contributed by atoms with Crippen LogP contribution in [0.3, 0.4) is 0 Å². The summed E-state index contributed by atoms with van der Waals surface area (Å²) in [6.07, 6.45) is 0.988. The van der Waals surface area contributed by atoms with Gasteiger partial charge in [-0.25, -0.2) is 4.98 Å². The first-order valence-corrected chi connectivity index (χ1v) is 10.9. The molecule has 0 aliphatic carbocycles. The lowest BCUT2D eigenvalue weighted by Crippen LogP contribution is -2.52. The number of nitrogens with zero attached hydrogens (tertiary/aromatic N) is 4. The van der Waals surface area contributed by atoms with E-state index >= 15 is 0 Å². The van der Waals surface area contributed by atoms with Gasteiger partial charge in [0.05, 0.1) is 31.5 Å². The molecule has 0 unspecified atom stereocenters. The van der Waals surface area contributed by atoms with E-state index in [9.17, 15) is 0 Å². The van der Waals surface area contributed by atoms with E-state index in [1.54, 1.807) is 25.6 Å². The molecule has 0 spiro atoms. The molecule has 1 aliphatic rings. The van der Waals surface area contributed by atoms with Crippen molar-refractivity contribution in [2.75, 3.05) is 47.4 Å². The molecule has 158 valence electrons. The summed E-state index contributed by atoms with van der Waals surface area (Å²) in [4.78, 5) is 13.9. The number of hydrogen-bond acceptors (Lipinski definition) is 6. The van der Waals surface area contributed by atoms with E-state index in [1.807, 2.05) is 13.1 Å². The number of rotatable bonds is 7. The lowest BCUT2D eigenvalue weighted by Gasteiger charge is -2.36. The van der Waals surface area contributed by atoms with E-state index in [2.05, 4.69) is 49.5 Å². The molecule has 1 aromatic heterocycles. The number of ether oxygens (including phenoxy) is 2. The van der Waals surface area contributed by atoms with Crippen molar-refractivity contribution in [3.63, 3.8) is 0 Å². The maximum atomic E-state index is 5.42. The molecule has 1 saturated heterocycles. The predicted octanol–water partition coefficient (Wildman–Crippen LogP) is 2.62. The maximum absolute atomic E-state index is 5.42. The smallest absolute Gasteiger partial charge is 0.194 e. The first-order chi connectivity index (χ1) is 14.2. The SMILES string of the molecule is CCc1nc(CNC(=NC)N2CCN(Cc3ccc(OC)c(OC)c3)CC2)cs1. The Morgan fingerprint density at radius 2 is 1.93 bits per heavy atom. The number of nitrogens with one attached hydrogen (secondary N) is 1. The normalized spacial score (nSPS) is 15.4. The summed E-state index contributed by atoms with van der Waals surface area (Å²) in [6, 6.07) is 6.13. The van der Waals surface area contributed by atoms with E-state index in [1.165, 1.54) is 10.6 Å². The highest BCUT2D eigenvalue weighted by Gasteiger charge is 2.20. The third-order valence-corrected chi connectivity index (χ3v) is 6.11. The predicted molar refractivity (Wildman–Crippen MR) is 118 cm³/mol. The summed E-state index contributed by atoms with van der Waals surface area (Å²) in [6.45, 7) is 7.64. The second-order valence-corrected chi connectivity index (χ2v) is 7.88. The molecular formula is C21H31N5O2S. The molecular weight excluding hydrogens is 386 g/mol. The molecule has 2 heterocycles. The Morgan fingerprint density at radius 1 is 1.17 bits per heavy atom. The molecule has 8 heteroatoms. The van der Waals surface area contributed by atoms with Gasteiger partial charge in [0.1, 0.15) is 0 Å². The van der Waals surface area contributed by atoms with Crippen LogP contribution in [0.25, 0.3) is 0 Å². The third-order valence-electron chi connectivity index (χ3n) is 5.07. The standard InChI is InChI=1S/C21H31N5O2S/c1-5-20-24-17(15-29-20)13-23-21(22-2)26-10-8-25(9-11-26)14-16-6-7-18(27-3)19(12-16)28-4/h6-7,12,15H,5,8-11,13-14H2,1-4H3,(H,22,23). The van der Waals surface area contributed by atoms with Gasteiger partial charge in [0, 0.05) is 45.2 Å². The van der Waals surface area contributed by atoms with Crippen molar-refractivity contribution in [1.29, 1.82) is 0 Å². The molecule has 0 radical (unpaired) electrons. The van der Waals surface area contributed by atoms with E-state index in [0.717, 1.165) is 68.8 Å². The number of aliphatic imine (C=N–C) groups is 1. The lowest BCUT2D eigenvalue weighted by molar-refractivity contribution is 0.172. The van der Waals surface area contributed by atoms with Crippen LogP contribution in [0.1, 0.15) is 23.2 Å². The molecule has 3 rings (SSSR count). The van der Waals surface area contributed by atoms with Crippen LogP contribution in [0.4, 0.5) is 0 Å². The Kier molecular flexibility index (Phi) is 7.71. The zero-order valence-electron chi connectivity index (χ0n) is 17.8. The number of piperazine rings is 1. The first-order valence-electron chi connectivity index (χ1n) is 9.99. The Hall–Kier alpha value is -2.32. The highest BCUT2D eigenvalue weighted by molar-refractivity contribution is 7.09. The van der Waals surface area contributed by atoms with Gasteiger partial charge >= 0.3 is 0 Å². The highest BCUT2D eigenvalue weighted by Crippen LogP contribution is 2.28. The monoisotopic (exact) mass is 417 g/mol. The first kappa shape index (κ1) is 21.4. The highest BCUT2D eigenvalue weighted by atomic mass is 32.1. The minimum Gasteiger partial charge on any atom is -0.493 e. The van der Waals surface area contributed by atoms with Gasteiger partial charge in [-0.05, 0) is 24.1 Å². The lowest BCUT2D eigenvalue weighted by atomic mass is 10.1. The second-order valence-electron chi connectivity index (χ2n) is 6.94. The third kappa shape index (κ3) is 5.61. The molecule has 0 bridgehead atoms. The van der Waals surface area contributed by atoms with Crippen molar-refractivity contribution in [3.8, 4) is 11.5 Å². The zero-order chi connectivity index (χ0) is 20.6. The number of aryl methyl sites for hydroxylation is 1. The van der Waals surface area contributed by atoms with Gasteiger partial charge in [0.15, 0.2) is 17.5 Å². The van der Waals surface area contributed by atoms with Crippen molar-refractivity contribution in [3.05, 3.63) is 39.8 Å². The quantitative estimate of drug-likeness (QED) is 0.552. The van der Waals surface area contributed by atoms with Gasteiger partial charge in [-0.1, -0.05) is 13.0 Å². The van der Waals surface area contributed by atoms with Crippen LogP contribution in [-0.2, 0) is 19.5 Å². The summed E-state index contributed by atoms with van der Waals surface area (Å²) in [5.74, 6) is 2.49. The van der Waals surface area contributed by atoms with Crippen molar-refractivity contribution >= 4 is 17.3 Å². The Balaban J connectivity index is 1.50. The number of benzene rings is 1. The van der Waals surface area contributed by atoms with Crippen LogP contribution in [0, 0.1) is 0 Å². The van der Waals surface area contributed by atoms with Crippen molar-refractivity contribution < 1.29 is 9.47 Å². The Bertz CT molecular complexity index is 815. The topological polar surface area (TPSA) is 62.2 Å². The number of guanidine groups is 1. The molecule has 29 heavy (non-hydrogen) atoms. The summed E-state index contributed by atoms with van der Waals surface area (Å²) in [5.41, 5.74) is 2.31. The molecule has 7 nitrogen and oxygen atoms in total. The van der Waals surface area contributed by atoms with Gasteiger partial charge < -0.3 is 19.7 Å². The van der Waals surface area contributed by atoms with Gasteiger partial charge in [-0.15, -0.1) is 11.3 Å². The molecule has 1 aromatic carbocycles. The Morgan fingerprint density at radius 3 is 2.55 bits per heavy atom. The van der Waals surface area contributed by atoms with Crippen molar-refractivity contribution in [2.24, 2.45) is 4.99 Å². The fourth-order valence-corrected chi connectivity index (χ4v) is 4.19. The average Bonchev–Trinajstić information content (AvgIpc) is 3.23. The van der Waals surface area contributed by atoms with Crippen molar-refractivity contribution in [1.82, 2.24) is 20.1 Å². The fraction of sp³-hybridized carbons (Fsp3) is 0.524. The van der Waals surface area contributed by atoms with Crippen LogP contribution < -0.4 is 14.8 Å². The minimum absolute atomic E-state index is 0.717. The molecule has 0 saturated carbocycles. The van der Waals surface area contributed by atoms with Crippen molar-refractivity contribution in [2.45, 2.75) is 26.4 Å². The minimum atomic E-state index is 0.717. The summed E-state index contributed by atoms with van der Waals surface area (Å²) < 4.78 is 10.7. The summed E-state index contributed by atoms with van der Waals surface area (Å²) >= 11 is 1.72. The van der Waals surface area contributed by atoms with Gasteiger partial charge in [-0.3, -0.25) is 9.89 Å². The van der Waals surface area contributed by atoms with Gasteiger partial charge in [0.25, 0.3) is 0 Å². The van der Waals surface area contributed by atoms with Crippen LogP contribution in [0.15, 0.2) is 28.6 Å². The van der Waals surface area contributed by atoms with Crippen LogP contribution >= 0.6 is 11.3 Å². The molecule has 2 aromatic rings. The van der Waals surface area contributed by atoms with E-state index in [0.29, 0.717) is 0 Å². The van der Waals surface area contributed by atoms with Crippen LogP contribution in [0.5, 0.6) is 11.5 Å². The van der Waals surface area contributed by atoms with E-state index in [-0.39, 0.29) is 0 Å². The summed E-state index contributed by atoms with van der Waals surface area (Å²) in [5, 5.41) is 6.76. The molecule has 0 atom stereocenters. The Labute approximate surface area is 177 Å². The van der Waals surface area contributed by atoms with Gasteiger partial charge in [0.2, 0.25) is 0 Å². The molecule has 0 amide bonds.